The SMILES string of the molecule is CCCCN1C(=O)[C@H](Cc2cc(I)c(O)c(I)c2)NC1=S. The number of unbranched alkanes of at least 4 members (excludes halogenated alkanes) is 1. The van der Waals surface area contributed by atoms with Crippen LogP contribution in [0.25, 0.3) is 0 Å². The zero-order chi connectivity index (χ0) is 15.6. The van der Waals surface area contributed by atoms with E-state index in [1.807, 2.05) is 12.1 Å². The van der Waals surface area contributed by atoms with Gasteiger partial charge in [0.25, 0.3) is 5.91 Å². The minimum absolute atomic E-state index is 0.0477. The van der Waals surface area contributed by atoms with Crippen molar-refractivity contribution >= 4 is 68.4 Å². The number of aromatic hydroxyl groups is 1. The van der Waals surface area contributed by atoms with E-state index in [1.54, 1.807) is 4.90 Å². The van der Waals surface area contributed by atoms with Crippen LogP contribution in [-0.4, -0.2) is 33.6 Å². The van der Waals surface area contributed by atoms with Crippen molar-refractivity contribution in [3.8, 4) is 5.75 Å². The Hall–Kier alpha value is -0.160. The van der Waals surface area contributed by atoms with Crippen LogP contribution in [0.4, 0.5) is 0 Å². The topological polar surface area (TPSA) is 52.6 Å². The molecule has 0 spiro atoms. The molecule has 0 saturated carbocycles. The fourth-order valence-corrected chi connectivity index (χ4v) is 4.44. The van der Waals surface area contributed by atoms with Crippen LogP contribution in [0.1, 0.15) is 25.3 Å². The number of thiocarbonyl (C=S) groups is 1. The average molecular weight is 530 g/mol. The van der Waals surface area contributed by atoms with E-state index in [9.17, 15) is 9.90 Å². The largest absolute Gasteiger partial charge is 0.506 e. The standard InChI is InChI=1S/C14H16I2N2O2S/c1-2-3-4-18-13(20)11(17-14(18)21)7-8-5-9(15)12(19)10(16)6-8/h5-6,11,19H,2-4,7H2,1H3,(H,17,21)/t11-/m0/s1. The van der Waals surface area contributed by atoms with Crippen LogP contribution >= 0.6 is 57.4 Å². The first kappa shape index (κ1) is 17.2. The van der Waals surface area contributed by atoms with Gasteiger partial charge in [0, 0.05) is 13.0 Å². The molecule has 4 nitrogen and oxygen atoms in total. The molecule has 114 valence electrons. The lowest BCUT2D eigenvalue weighted by Crippen LogP contribution is -2.33. The van der Waals surface area contributed by atoms with E-state index in [2.05, 4.69) is 57.4 Å². The molecule has 1 atom stereocenters. The maximum absolute atomic E-state index is 12.4. The van der Waals surface area contributed by atoms with Crippen molar-refractivity contribution in [1.29, 1.82) is 0 Å². The van der Waals surface area contributed by atoms with Crippen molar-refractivity contribution in [2.45, 2.75) is 32.2 Å². The molecule has 0 aliphatic carbocycles. The first-order valence-electron chi connectivity index (χ1n) is 6.72. The molecule has 0 aromatic heterocycles. The molecule has 0 unspecified atom stereocenters. The van der Waals surface area contributed by atoms with Crippen LogP contribution in [-0.2, 0) is 11.2 Å². The number of nitrogens with one attached hydrogen (secondary N) is 1. The number of nitrogens with zero attached hydrogens (tertiary/aromatic N) is 1. The number of carbonyl (C=O) groups is 1. The summed E-state index contributed by atoms with van der Waals surface area (Å²) in [6, 6.07) is 3.51. The van der Waals surface area contributed by atoms with Crippen LogP contribution in [0.2, 0.25) is 0 Å². The number of amides is 1. The molecule has 1 aromatic rings. The second-order valence-corrected chi connectivity index (χ2v) is 7.67. The molecule has 21 heavy (non-hydrogen) atoms. The van der Waals surface area contributed by atoms with Crippen LogP contribution in [0.15, 0.2) is 12.1 Å². The molecule has 1 aliphatic rings. The third-order valence-corrected chi connectivity index (χ3v) is 5.34. The van der Waals surface area contributed by atoms with E-state index in [0.29, 0.717) is 23.8 Å². The third kappa shape index (κ3) is 3.98. The fraction of sp³-hybridized carbons (Fsp3) is 0.429. The highest BCUT2D eigenvalue weighted by Crippen LogP contribution is 2.28. The van der Waals surface area contributed by atoms with Crippen LogP contribution in [0.5, 0.6) is 5.75 Å². The summed E-state index contributed by atoms with van der Waals surface area (Å²) in [5, 5.41) is 13.4. The van der Waals surface area contributed by atoms with Gasteiger partial charge in [-0.1, -0.05) is 13.3 Å². The van der Waals surface area contributed by atoms with Gasteiger partial charge in [0.05, 0.1) is 7.14 Å². The highest BCUT2D eigenvalue weighted by atomic mass is 127. The maximum atomic E-state index is 12.4. The smallest absolute Gasteiger partial charge is 0.251 e. The quantitative estimate of drug-likeness (QED) is 0.455. The Labute approximate surface area is 156 Å². The van der Waals surface area contributed by atoms with E-state index in [0.717, 1.165) is 25.5 Å². The van der Waals surface area contributed by atoms with Crippen molar-refractivity contribution in [1.82, 2.24) is 10.2 Å². The Balaban J connectivity index is 2.10. The Bertz CT molecular complexity index is 557. The number of rotatable bonds is 5. The number of phenols is 1. The zero-order valence-corrected chi connectivity index (χ0v) is 16.7. The van der Waals surface area contributed by atoms with Gasteiger partial charge in [-0.05, 0) is 81.5 Å². The molecular formula is C14H16I2N2O2S. The highest BCUT2D eigenvalue weighted by Gasteiger charge is 2.34. The maximum Gasteiger partial charge on any atom is 0.251 e. The molecule has 1 saturated heterocycles. The van der Waals surface area contributed by atoms with Gasteiger partial charge in [0.15, 0.2) is 5.11 Å². The Morgan fingerprint density at radius 3 is 2.57 bits per heavy atom. The lowest BCUT2D eigenvalue weighted by molar-refractivity contribution is -0.127. The van der Waals surface area contributed by atoms with Gasteiger partial charge < -0.3 is 10.4 Å². The predicted molar refractivity (Wildman–Crippen MR) is 103 cm³/mol. The Kier molecular flexibility index (Phi) is 6.06. The first-order chi connectivity index (χ1) is 9.93. The molecule has 1 aromatic carbocycles. The van der Waals surface area contributed by atoms with Gasteiger partial charge in [-0.15, -0.1) is 0 Å². The molecule has 7 heteroatoms. The molecular weight excluding hydrogens is 514 g/mol. The monoisotopic (exact) mass is 530 g/mol. The molecule has 2 rings (SSSR count). The summed E-state index contributed by atoms with van der Waals surface area (Å²) in [5.74, 6) is 0.345. The second-order valence-electron chi connectivity index (χ2n) is 4.96. The van der Waals surface area contributed by atoms with Crippen molar-refractivity contribution in [3.63, 3.8) is 0 Å². The van der Waals surface area contributed by atoms with Crippen LogP contribution in [0.3, 0.4) is 0 Å². The number of hydrogen-bond acceptors (Lipinski definition) is 3. The van der Waals surface area contributed by atoms with E-state index < -0.39 is 0 Å². The molecule has 2 N–H and O–H groups in total. The lowest BCUT2D eigenvalue weighted by Gasteiger charge is -2.14. The summed E-state index contributed by atoms with van der Waals surface area (Å²) in [6.07, 6.45) is 2.56. The minimum Gasteiger partial charge on any atom is -0.506 e. The van der Waals surface area contributed by atoms with Crippen molar-refractivity contribution < 1.29 is 9.90 Å². The van der Waals surface area contributed by atoms with E-state index in [4.69, 9.17) is 12.2 Å². The van der Waals surface area contributed by atoms with Gasteiger partial charge in [-0.2, -0.15) is 0 Å². The van der Waals surface area contributed by atoms with E-state index in [-0.39, 0.29) is 11.9 Å². The molecule has 1 heterocycles. The first-order valence-corrected chi connectivity index (χ1v) is 9.29. The Morgan fingerprint density at radius 2 is 2.00 bits per heavy atom. The van der Waals surface area contributed by atoms with E-state index >= 15 is 0 Å². The lowest BCUT2D eigenvalue weighted by atomic mass is 10.1. The summed E-state index contributed by atoms with van der Waals surface area (Å²) in [6.45, 7) is 2.77. The summed E-state index contributed by atoms with van der Waals surface area (Å²) < 4.78 is 1.59. The van der Waals surface area contributed by atoms with Crippen LogP contribution in [0, 0.1) is 7.14 Å². The number of benzene rings is 1. The van der Waals surface area contributed by atoms with Crippen LogP contribution < -0.4 is 5.32 Å². The van der Waals surface area contributed by atoms with Crippen molar-refractivity contribution in [2.24, 2.45) is 0 Å². The highest BCUT2D eigenvalue weighted by molar-refractivity contribution is 14.1. The normalized spacial score (nSPS) is 18.2. The molecule has 0 bridgehead atoms. The summed E-state index contributed by atoms with van der Waals surface area (Å²) in [5.41, 5.74) is 1.02. The number of halogens is 2. The van der Waals surface area contributed by atoms with Gasteiger partial charge in [0.2, 0.25) is 0 Å². The minimum atomic E-state index is -0.300. The van der Waals surface area contributed by atoms with Crippen molar-refractivity contribution in [3.05, 3.63) is 24.8 Å². The van der Waals surface area contributed by atoms with Gasteiger partial charge in [-0.25, -0.2) is 0 Å². The Morgan fingerprint density at radius 1 is 1.38 bits per heavy atom. The summed E-state index contributed by atoms with van der Waals surface area (Å²) >= 11 is 9.44. The van der Waals surface area contributed by atoms with Crippen molar-refractivity contribution in [2.75, 3.05) is 6.54 Å². The average Bonchev–Trinajstić information content (AvgIpc) is 2.69. The van der Waals surface area contributed by atoms with E-state index in [1.165, 1.54) is 0 Å². The molecule has 0 radical (unpaired) electrons. The van der Waals surface area contributed by atoms with Gasteiger partial charge in [-0.3, -0.25) is 9.69 Å². The molecule has 1 fully saturated rings. The third-order valence-electron chi connectivity index (χ3n) is 3.36. The fourth-order valence-electron chi connectivity index (χ4n) is 2.21. The zero-order valence-electron chi connectivity index (χ0n) is 11.5. The molecule has 1 amide bonds. The van der Waals surface area contributed by atoms with Gasteiger partial charge in [0.1, 0.15) is 11.8 Å². The predicted octanol–water partition coefficient (Wildman–Crippen LogP) is 3.03. The second kappa shape index (κ2) is 7.40. The summed E-state index contributed by atoms with van der Waals surface area (Å²) in [7, 11) is 0. The molecule has 1 aliphatic heterocycles. The number of phenolic OH excluding ortho intramolecular Hbond substituents is 1. The number of hydrogen-bond donors (Lipinski definition) is 2. The number of carbonyl (C=O) groups excluding carboxylic acids is 1. The summed E-state index contributed by atoms with van der Waals surface area (Å²) in [4.78, 5) is 14.1. The van der Waals surface area contributed by atoms with Gasteiger partial charge >= 0.3 is 0 Å².